The number of amides is 2. The zero-order valence-corrected chi connectivity index (χ0v) is 25.0. The van der Waals surface area contributed by atoms with Crippen LogP contribution in [-0.2, 0) is 29.0 Å². The summed E-state index contributed by atoms with van der Waals surface area (Å²) >= 11 is 0. The van der Waals surface area contributed by atoms with Gasteiger partial charge in [0.05, 0.1) is 26.5 Å². The highest BCUT2D eigenvalue weighted by Crippen LogP contribution is 2.29. The smallest absolute Gasteiger partial charge is 0.333 e. The van der Waals surface area contributed by atoms with E-state index in [9.17, 15) is 14.7 Å². The number of carbonyl (C=O) groups excluding carboxylic acids is 1. The van der Waals surface area contributed by atoms with Crippen molar-refractivity contribution in [3.05, 3.63) is 89.5 Å². The van der Waals surface area contributed by atoms with Crippen molar-refractivity contribution in [3.63, 3.8) is 0 Å². The van der Waals surface area contributed by atoms with Crippen molar-refractivity contribution in [2.45, 2.75) is 64.6 Å². The Bertz CT molecular complexity index is 1230. The molecule has 3 aromatic rings. The van der Waals surface area contributed by atoms with Gasteiger partial charge >= 0.3 is 12.0 Å². The molecule has 0 unspecified atom stereocenters. The first-order valence-electron chi connectivity index (χ1n) is 14.7. The third kappa shape index (κ3) is 10.7. The standard InChI is InChI=1S/C34H44N2O6/c1-4-5-6-7-11-21-36(34(39)35-30-19-18-29(40-2)24-31(30)41-3)22-20-26-14-16-27(17-15-26)23-32(33(37)38)42-25-28-12-9-8-10-13-28/h8-10,12-19,24,32H,4-7,11,20-23,25H2,1-3H3,(H,35,39)(H,37,38)/t32-/m0/s1. The van der Waals surface area contributed by atoms with Crippen molar-refractivity contribution < 1.29 is 28.9 Å². The molecular formula is C34H44N2O6. The predicted molar refractivity (Wildman–Crippen MR) is 165 cm³/mol. The van der Waals surface area contributed by atoms with E-state index in [1.165, 1.54) is 12.8 Å². The van der Waals surface area contributed by atoms with Crippen molar-refractivity contribution >= 4 is 17.7 Å². The van der Waals surface area contributed by atoms with Gasteiger partial charge in [-0.15, -0.1) is 0 Å². The number of unbranched alkanes of at least 4 members (excludes halogenated alkanes) is 4. The lowest BCUT2D eigenvalue weighted by Gasteiger charge is -2.24. The Balaban J connectivity index is 1.60. The normalized spacial score (nSPS) is 11.5. The van der Waals surface area contributed by atoms with Crippen LogP contribution in [0, 0.1) is 0 Å². The third-order valence-electron chi connectivity index (χ3n) is 7.15. The largest absolute Gasteiger partial charge is 0.497 e. The van der Waals surface area contributed by atoms with E-state index >= 15 is 0 Å². The van der Waals surface area contributed by atoms with Crippen LogP contribution < -0.4 is 14.8 Å². The van der Waals surface area contributed by atoms with E-state index < -0.39 is 12.1 Å². The van der Waals surface area contributed by atoms with Crippen molar-refractivity contribution in [1.82, 2.24) is 4.90 Å². The summed E-state index contributed by atoms with van der Waals surface area (Å²) in [6.07, 6.45) is 5.56. The highest BCUT2D eigenvalue weighted by Gasteiger charge is 2.19. The van der Waals surface area contributed by atoms with Gasteiger partial charge in [0.15, 0.2) is 6.10 Å². The van der Waals surface area contributed by atoms with Gasteiger partial charge in [-0.25, -0.2) is 9.59 Å². The first kappa shape index (κ1) is 32.5. The van der Waals surface area contributed by atoms with Crippen LogP contribution in [0.2, 0.25) is 0 Å². The highest BCUT2D eigenvalue weighted by molar-refractivity contribution is 5.91. The Kier molecular flexibility index (Phi) is 13.7. The fourth-order valence-electron chi connectivity index (χ4n) is 4.63. The lowest BCUT2D eigenvalue weighted by atomic mass is 10.0. The average Bonchev–Trinajstić information content (AvgIpc) is 3.01. The van der Waals surface area contributed by atoms with Crippen LogP contribution in [-0.4, -0.2) is 55.4 Å². The molecule has 3 aromatic carbocycles. The molecule has 0 aromatic heterocycles. The molecule has 0 heterocycles. The van der Waals surface area contributed by atoms with Crippen LogP contribution >= 0.6 is 0 Å². The fourth-order valence-corrected chi connectivity index (χ4v) is 4.63. The Morgan fingerprint density at radius 1 is 0.833 bits per heavy atom. The van der Waals surface area contributed by atoms with E-state index in [0.717, 1.165) is 36.0 Å². The van der Waals surface area contributed by atoms with Gasteiger partial charge in [-0.3, -0.25) is 0 Å². The van der Waals surface area contributed by atoms with Crippen LogP contribution in [0.5, 0.6) is 11.5 Å². The number of hydrogen-bond donors (Lipinski definition) is 2. The molecule has 0 aliphatic carbocycles. The van der Waals surface area contributed by atoms with Gasteiger partial charge in [-0.2, -0.15) is 0 Å². The molecule has 8 nitrogen and oxygen atoms in total. The summed E-state index contributed by atoms with van der Waals surface area (Å²) in [5.74, 6) is 0.205. The molecule has 0 saturated carbocycles. The molecule has 0 spiro atoms. The second-order valence-electron chi connectivity index (χ2n) is 10.3. The Labute approximate surface area is 249 Å². The van der Waals surface area contributed by atoms with E-state index in [2.05, 4.69) is 12.2 Å². The number of nitrogens with zero attached hydrogens (tertiary/aromatic N) is 1. The van der Waals surface area contributed by atoms with E-state index in [4.69, 9.17) is 14.2 Å². The molecule has 1 atom stereocenters. The molecule has 226 valence electrons. The molecule has 3 rings (SSSR count). The summed E-state index contributed by atoms with van der Waals surface area (Å²) in [5.41, 5.74) is 3.48. The zero-order valence-electron chi connectivity index (χ0n) is 25.0. The minimum absolute atomic E-state index is 0.176. The van der Waals surface area contributed by atoms with Crippen LogP contribution in [0.4, 0.5) is 10.5 Å². The molecular weight excluding hydrogens is 532 g/mol. The molecule has 0 aliphatic heterocycles. The summed E-state index contributed by atoms with van der Waals surface area (Å²) in [6, 6.07) is 22.5. The molecule has 2 N–H and O–H groups in total. The topological polar surface area (TPSA) is 97.3 Å². The summed E-state index contributed by atoms with van der Waals surface area (Å²) in [5, 5.41) is 12.7. The minimum Gasteiger partial charge on any atom is -0.497 e. The number of nitrogens with one attached hydrogen (secondary N) is 1. The van der Waals surface area contributed by atoms with Crippen LogP contribution in [0.3, 0.4) is 0 Å². The predicted octanol–water partition coefficient (Wildman–Crippen LogP) is 6.96. The first-order valence-corrected chi connectivity index (χ1v) is 14.7. The maximum atomic E-state index is 13.3. The van der Waals surface area contributed by atoms with E-state index in [1.54, 1.807) is 32.4 Å². The molecule has 8 heteroatoms. The van der Waals surface area contributed by atoms with E-state index in [-0.39, 0.29) is 19.1 Å². The number of urea groups is 1. The van der Waals surface area contributed by atoms with Gasteiger partial charge in [0, 0.05) is 25.6 Å². The summed E-state index contributed by atoms with van der Waals surface area (Å²) < 4.78 is 16.4. The molecule has 0 fully saturated rings. The molecule has 42 heavy (non-hydrogen) atoms. The molecule has 2 amide bonds. The van der Waals surface area contributed by atoms with E-state index in [0.29, 0.717) is 36.7 Å². The minimum atomic E-state index is -0.982. The molecule has 0 bridgehead atoms. The molecule has 0 saturated heterocycles. The molecule has 0 radical (unpaired) electrons. The second-order valence-corrected chi connectivity index (χ2v) is 10.3. The first-order chi connectivity index (χ1) is 20.4. The van der Waals surface area contributed by atoms with Gasteiger partial charge in [0.1, 0.15) is 11.5 Å². The van der Waals surface area contributed by atoms with Crippen molar-refractivity contribution in [2.24, 2.45) is 0 Å². The fraction of sp³-hybridized carbons (Fsp3) is 0.412. The highest BCUT2D eigenvalue weighted by atomic mass is 16.5. The molecule has 0 aliphatic rings. The third-order valence-corrected chi connectivity index (χ3v) is 7.15. The number of rotatable bonds is 18. The van der Waals surface area contributed by atoms with Crippen LogP contribution in [0.25, 0.3) is 0 Å². The number of ether oxygens (including phenoxy) is 3. The number of hydrogen-bond acceptors (Lipinski definition) is 5. The summed E-state index contributed by atoms with van der Waals surface area (Å²) in [6.45, 7) is 3.64. The van der Waals surface area contributed by atoms with Gasteiger partial charge in [-0.1, -0.05) is 87.2 Å². The zero-order chi connectivity index (χ0) is 30.2. The SMILES string of the molecule is CCCCCCCN(CCc1ccc(C[C@H](OCc2ccccc2)C(=O)O)cc1)C(=O)Nc1ccc(OC)cc1OC. The Morgan fingerprint density at radius 3 is 2.21 bits per heavy atom. The van der Waals surface area contributed by atoms with Gasteiger partial charge in [-0.05, 0) is 41.7 Å². The lowest BCUT2D eigenvalue weighted by molar-refractivity contribution is -0.151. The lowest BCUT2D eigenvalue weighted by Crippen LogP contribution is -2.37. The number of carboxylic acids is 1. The Hall–Kier alpha value is -4.04. The number of benzene rings is 3. The Morgan fingerprint density at radius 2 is 1.55 bits per heavy atom. The second kappa shape index (κ2) is 17.7. The van der Waals surface area contributed by atoms with E-state index in [1.807, 2.05) is 59.5 Å². The average molecular weight is 577 g/mol. The quantitative estimate of drug-likeness (QED) is 0.159. The number of methoxy groups -OCH3 is 2. The maximum absolute atomic E-state index is 13.3. The monoisotopic (exact) mass is 576 g/mol. The van der Waals surface area contributed by atoms with Crippen LogP contribution in [0.15, 0.2) is 72.8 Å². The van der Waals surface area contributed by atoms with Crippen molar-refractivity contribution in [3.8, 4) is 11.5 Å². The maximum Gasteiger partial charge on any atom is 0.333 e. The summed E-state index contributed by atoms with van der Waals surface area (Å²) in [7, 11) is 3.15. The number of carboxylic acid groups (broad SMARTS) is 1. The van der Waals surface area contributed by atoms with Gasteiger partial charge in [0.25, 0.3) is 0 Å². The van der Waals surface area contributed by atoms with Crippen molar-refractivity contribution in [2.75, 3.05) is 32.6 Å². The number of aliphatic carboxylic acids is 1. The van der Waals surface area contributed by atoms with Gasteiger partial charge in [0.2, 0.25) is 0 Å². The summed E-state index contributed by atoms with van der Waals surface area (Å²) in [4.78, 5) is 27.0. The van der Waals surface area contributed by atoms with Crippen LogP contribution in [0.1, 0.15) is 55.7 Å². The van der Waals surface area contributed by atoms with Gasteiger partial charge < -0.3 is 29.5 Å². The number of carbonyl (C=O) groups is 2. The number of anilines is 1. The van der Waals surface area contributed by atoms with Crippen molar-refractivity contribution in [1.29, 1.82) is 0 Å².